The van der Waals surface area contributed by atoms with E-state index in [1.165, 1.54) is 6.92 Å². The minimum Gasteiger partial charge on any atom is -0.464 e. The van der Waals surface area contributed by atoms with Crippen LogP contribution in [0.25, 0.3) is 0 Å². The summed E-state index contributed by atoms with van der Waals surface area (Å²) in [5.41, 5.74) is 1.09. The summed E-state index contributed by atoms with van der Waals surface area (Å²) in [7, 11) is 0. The molecule has 1 saturated heterocycles. The van der Waals surface area contributed by atoms with Crippen molar-refractivity contribution in [2.75, 3.05) is 13.2 Å². The van der Waals surface area contributed by atoms with Crippen molar-refractivity contribution < 1.29 is 14.3 Å². The molecule has 1 aliphatic rings. The van der Waals surface area contributed by atoms with E-state index in [0.29, 0.717) is 13.2 Å². The molecule has 19 heavy (non-hydrogen) atoms. The van der Waals surface area contributed by atoms with Crippen LogP contribution in [0, 0.1) is 0 Å². The molecular weight excluding hydrogens is 242 g/mol. The van der Waals surface area contributed by atoms with Crippen LogP contribution >= 0.6 is 0 Å². The zero-order valence-electron chi connectivity index (χ0n) is 11.3. The summed E-state index contributed by atoms with van der Waals surface area (Å²) in [5, 5.41) is 0. The standard InChI is InChI=1S/C15H19NO3/c1-3-19-15(18)14-13(9-10-16(14)11(2)17)12-7-5-4-6-8-12/h4-8,13-14H,3,9-10H2,1-2H3/t13?,14-/m0/s1. The van der Waals surface area contributed by atoms with Crippen LogP contribution in [0.1, 0.15) is 31.7 Å². The lowest BCUT2D eigenvalue weighted by molar-refractivity contribution is -0.153. The Morgan fingerprint density at radius 1 is 1.32 bits per heavy atom. The molecule has 2 atom stereocenters. The Labute approximate surface area is 113 Å². The molecule has 2 rings (SSSR count). The Morgan fingerprint density at radius 3 is 2.58 bits per heavy atom. The fourth-order valence-electron chi connectivity index (χ4n) is 2.71. The maximum Gasteiger partial charge on any atom is 0.329 e. The molecule has 1 unspecified atom stereocenters. The van der Waals surface area contributed by atoms with Crippen molar-refractivity contribution in [1.82, 2.24) is 4.90 Å². The van der Waals surface area contributed by atoms with Gasteiger partial charge in [-0.15, -0.1) is 0 Å². The minimum atomic E-state index is -0.486. The van der Waals surface area contributed by atoms with E-state index in [1.54, 1.807) is 11.8 Å². The molecule has 4 nitrogen and oxygen atoms in total. The normalized spacial score (nSPS) is 22.3. The van der Waals surface area contributed by atoms with Gasteiger partial charge in [-0.1, -0.05) is 30.3 Å². The van der Waals surface area contributed by atoms with Gasteiger partial charge in [0.2, 0.25) is 5.91 Å². The van der Waals surface area contributed by atoms with Crippen molar-refractivity contribution >= 4 is 11.9 Å². The summed E-state index contributed by atoms with van der Waals surface area (Å²) >= 11 is 0. The summed E-state index contributed by atoms with van der Waals surface area (Å²) in [4.78, 5) is 25.4. The van der Waals surface area contributed by atoms with Crippen molar-refractivity contribution in [1.29, 1.82) is 0 Å². The van der Waals surface area contributed by atoms with Gasteiger partial charge in [0.05, 0.1) is 6.61 Å². The van der Waals surface area contributed by atoms with Crippen LogP contribution in [-0.4, -0.2) is 36.0 Å². The average Bonchev–Trinajstić information content (AvgIpc) is 2.85. The summed E-state index contributed by atoms with van der Waals surface area (Å²) in [6.45, 7) is 4.23. The van der Waals surface area contributed by atoms with Gasteiger partial charge < -0.3 is 9.64 Å². The Bertz CT molecular complexity index is 458. The topological polar surface area (TPSA) is 46.6 Å². The monoisotopic (exact) mass is 261 g/mol. The lowest BCUT2D eigenvalue weighted by Crippen LogP contribution is -2.42. The molecule has 4 heteroatoms. The highest BCUT2D eigenvalue weighted by atomic mass is 16.5. The molecule has 102 valence electrons. The number of ether oxygens (including phenoxy) is 1. The van der Waals surface area contributed by atoms with Crippen LogP contribution in [0.2, 0.25) is 0 Å². The third kappa shape index (κ3) is 2.78. The maximum atomic E-state index is 12.1. The van der Waals surface area contributed by atoms with E-state index in [4.69, 9.17) is 4.74 Å². The lowest BCUT2D eigenvalue weighted by Gasteiger charge is -2.25. The first kappa shape index (κ1) is 13.6. The molecule has 1 heterocycles. The minimum absolute atomic E-state index is 0.0316. The highest BCUT2D eigenvalue weighted by Gasteiger charge is 2.42. The van der Waals surface area contributed by atoms with Crippen LogP contribution < -0.4 is 0 Å². The third-order valence-corrected chi connectivity index (χ3v) is 3.56. The van der Waals surface area contributed by atoms with Crippen LogP contribution in [0.3, 0.4) is 0 Å². The van der Waals surface area contributed by atoms with E-state index in [2.05, 4.69) is 0 Å². The number of hydrogen-bond donors (Lipinski definition) is 0. The van der Waals surface area contributed by atoms with Crippen molar-refractivity contribution in [2.24, 2.45) is 0 Å². The van der Waals surface area contributed by atoms with Gasteiger partial charge in [-0.05, 0) is 18.9 Å². The Kier molecular flexibility index (Phi) is 4.20. The highest BCUT2D eigenvalue weighted by Crippen LogP contribution is 2.34. The van der Waals surface area contributed by atoms with Crippen LogP contribution in [0.15, 0.2) is 30.3 Å². The van der Waals surface area contributed by atoms with E-state index < -0.39 is 6.04 Å². The average molecular weight is 261 g/mol. The number of carbonyl (C=O) groups excluding carboxylic acids is 2. The third-order valence-electron chi connectivity index (χ3n) is 3.56. The number of likely N-dealkylation sites (tertiary alicyclic amines) is 1. The van der Waals surface area contributed by atoms with E-state index in [1.807, 2.05) is 30.3 Å². The zero-order valence-corrected chi connectivity index (χ0v) is 11.3. The van der Waals surface area contributed by atoms with Gasteiger partial charge in [-0.25, -0.2) is 4.79 Å². The number of carbonyl (C=O) groups is 2. The summed E-state index contributed by atoms with van der Waals surface area (Å²) in [5.74, 6) is -0.343. The van der Waals surface area contributed by atoms with Crippen molar-refractivity contribution in [3.05, 3.63) is 35.9 Å². The van der Waals surface area contributed by atoms with Gasteiger partial charge in [-0.2, -0.15) is 0 Å². The Morgan fingerprint density at radius 2 is 2.00 bits per heavy atom. The predicted molar refractivity (Wildman–Crippen MR) is 71.6 cm³/mol. The molecule has 1 aromatic carbocycles. The molecular formula is C15H19NO3. The molecule has 1 amide bonds. The molecule has 0 saturated carbocycles. The van der Waals surface area contributed by atoms with Gasteiger partial charge in [-0.3, -0.25) is 4.79 Å². The van der Waals surface area contributed by atoms with Gasteiger partial charge in [0.1, 0.15) is 6.04 Å². The van der Waals surface area contributed by atoms with E-state index >= 15 is 0 Å². The molecule has 0 bridgehead atoms. The second kappa shape index (κ2) is 5.87. The van der Waals surface area contributed by atoms with Crippen molar-refractivity contribution in [2.45, 2.75) is 32.2 Å². The number of rotatable bonds is 3. The molecule has 1 fully saturated rings. The smallest absolute Gasteiger partial charge is 0.329 e. The van der Waals surface area contributed by atoms with Crippen molar-refractivity contribution in [3.63, 3.8) is 0 Å². The number of benzene rings is 1. The second-order valence-electron chi connectivity index (χ2n) is 4.72. The largest absolute Gasteiger partial charge is 0.464 e. The van der Waals surface area contributed by atoms with E-state index in [0.717, 1.165) is 12.0 Å². The van der Waals surface area contributed by atoms with Crippen LogP contribution in [0.5, 0.6) is 0 Å². The summed E-state index contributed by atoms with van der Waals surface area (Å²) in [6.07, 6.45) is 0.799. The first-order valence-corrected chi connectivity index (χ1v) is 6.64. The molecule has 0 aliphatic carbocycles. The van der Waals surface area contributed by atoms with Crippen LogP contribution in [-0.2, 0) is 14.3 Å². The SMILES string of the molecule is CCOC(=O)[C@@H]1C(c2ccccc2)CCN1C(C)=O. The zero-order chi connectivity index (χ0) is 13.8. The van der Waals surface area contributed by atoms with Gasteiger partial charge in [0.15, 0.2) is 0 Å². The molecule has 0 spiro atoms. The number of esters is 1. The number of nitrogens with zero attached hydrogens (tertiary/aromatic N) is 1. The van der Waals surface area contributed by atoms with Gasteiger partial charge in [0.25, 0.3) is 0 Å². The van der Waals surface area contributed by atoms with E-state index in [9.17, 15) is 9.59 Å². The quantitative estimate of drug-likeness (QED) is 0.781. The highest BCUT2D eigenvalue weighted by molar-refractivity contribution is 5.85. The lowest BCUT2D eigenvalue weighted by atomic mass is 9.92. The second-order valence-corrected chi connectivity index (χ2v) is 4.72. The fraction of sp³-hybridized carbons (Fsp3) is 0.467. The Balaban J connectivity index is 2.28. The molecule has 0 aromatic heterocycles. The molecule has 1 aromatic rings. The predicted octanol–water partition coefficient (Wildman–Crippen LogP) is 1.95. The first-order chi connectivity index (χ1) is 9.15. The number of hydrogen-bond acceptors (Lipinski definition) is 3. The first-order valence-electron chi connectivity index (χ1n) is 6.64. The molecule has 0 N–H and O–H groups in total. The fourth-order valence-corrected chi connectivity index (χ4v) is 2.71. The maximum absolute atomic E-state index is 12.1. The number of amides is 1. The van der Waals surface area contributed by atoms with Crippen LogP contribution in [0.4, 0.5) is 0 Å². The summed E-state index contributed by atoms with van der Waals surface area (Å²) in [6, 6.07) is 9.36. The van der Waals surface area contributed by atoms with Gasteiger partial charge >= 0.3 is 5.97 Å². The Hall–Kier alpha value is -1.84. The summed E-state index contributed by atoms with van der Waals surface area (Å²) < 4.78 is 5.13. The van der Waals surface area contributed by atoms with Crippen molar-refractivity contribution in [3.8, 4) is 0 Å². The molecule has 1 aliphatic heterocycles. The van der Waals surface area contributed by atoms with Gasteiger partial charge in [0, 0.05) is 19.4 Å². The molecule has 0 radical (unpaired) electrons. The van der Waals surface area contributed by atoms with E-state index in [-0.39, 0.29) is 17.8 Å².